The summed E-state index contributed by atoms with van der Waals surface area (Å²) in [5.74, 6) is 0. The third kappa shape index (κ3) is 3.66. The highest BCUT2D eigenvalue weighted by Gasteiger charge is 1.45. The largest absolute Gasteiger partial charge is 0.631 e. The quantitative estimate of drug-likeness (QED) is 0.421. The molecule has 0 aliphatic carbocycles. The van der Waals surface area contributed by atoms with E-state index in [2.05, 4.69) is 0 Å². The topological polar surface area (TPSA) is 39.7 Å². The van der Waals surface area contributed by atoms with Gasteiger partial charge in [0, 0.05) is 0 Å². The number of nitrogens with two attached hydrogens (primary N) is 1. The number of rotatable bonds is 1. The molecule has 0 bridgehead atoms. The van der Waals surface area contributed by atoms with Crippen LogP contribution in [-0.2, 0) is 0 Å². The Balaban J connectivity index is 2.62. The van der Waals surface area contributed by atoms with Crippen LogP contribution in [0.4, 0.5) is 0 Å². The van der Waals surface area contributed by atoms with E-state index in [0.717, 1.165) is 5.48 Å². The van der Waals surface area contributed by atoms with E-state index >= 15 is 0 Å². The summed E-state index contributed by atoms with van der Waals surface area (Å²) in [5.41, 5.74) is 0.750. The molecular weight excluding hydrogens is 66.0 g/mol. The van der Waals surface area contributed by atoms with E-state index < -0.39 is 0 Å². The highest BCUT2D eigenvalue weighted by molar-refractivity contribution is 4.60. The van der Waals surface area contributed by atoms with E-state index in [0.29, 0.717) is 0 Å². The van der Waals surface area contributed by atoms with Gasteiger partial charge in [-0.15, -0.1) is 0 Å². The molecule has 2 heteroatoms. The van der Waals surface area contributed by atoms with Gasteiger partial charge in [-0.3, -0.25) is 0 Å². The third-order valence-electron chi connectivity index (χ3n) is 0.271. The van der Waals surface area contributed by atoms with Gasteiger partial charge in [0.1, 0.15) is 0 Å². The lowest BCUT2D eigenvalue weighted by Gasteiger charge is -1.84. The zero-order valence-electron chi connectivity index (χ0n) is 3.14. The molecule has 0 amide bonds. The van der Waals surface area contributed by atoms with Crippen LogP contribution in [0.5, 0.6) is 0 Å². The standard InChI is InChI=1S/C3H7NO/c1-2-3-4-5/h2-3H,4H2,1H3. The normalized spacial score (nSPS) is 10.0. The van der Waals surface area contributed by atoms with Crippen LogP contribution in [0.1, 0.15) is 6.92 Å². The fraction of sp³-hybridized carbons (Fsp3) is 0.333. The minimum atomic E-state index is 0.750. The van der Waals surface area contributed by atoms with Gasteiger partial charge < -0.3 is 10.7 Å². The summed E-state index contributed by atoms with van der Waals surface area (Å²) in [6.45, 7) is 1.80. The van der Waals surface area contributed by atoms with Gasteiger partial charge >= 0.3 is 0 Å². The summed E-state index contributed by atoms with van der Waals surface area (Å²) in [7, 11) is 0. The molecule has 2 nitrogen and oxygen atoms in total. The Hall–Kier alpha value is -0.340. The number of hydroxylamine groups is 1. The highest BCUT2D eigenvalue weighted by atomic mass is 16.5. The second-order valence-corrected chi connectivity index (χ2v) is 0.662. The maximum Gasteiger partial charge on any atom is 0.0882 e. The Bertz CT molecular complexity index is 33.9. The van der Waals surface area contributed by atoms with Crippen LogP contribution in [-0.4, -0.2) is 0 Å². The smallest absolute Gasteiger partial charge is 0.0882 e. The van der Waals surface area contributed by atoms with Gasteiger partial charge in [0.25, 0.3) is 0 Å². The zero-order valence-corrected chi connectivity index (χ0v) is 3.14. The first-order chi connectivity index (χ1) is 2.41. The van der Waals surface area contributed by atoms with Crippen LogP contribution in [0.15, 0.2) is 12.3 Å². The fourth-order valence-corrected chi connectivity index (χ4v) is 0.0786. The van der Waals surface area contributed by atoms with Crippen molar-refractivity contribution in [1.82, 2.24) is 0 Å². The molecule has 0 fully saturated rings. The van der Waals surface area contributed by atoms with E-state index in [4.69, 9.17) is 0 Å². The third-order valence-corrected chi connectivity index (χ3v) is 0.271. The predicted molar refractivity (Wildman–Crippen MR) is 20.1 cm³/mol. The monoisotopic (exact) mass is 73.1 g/mol. The van der Waals surface area contributed by atoms with Crippen molar-refractivity contribution in [3.05, 3.63) is 17.5 Å². The Kier molecular flexibility index (Phi) is 3.41. The molecular formula is C3H7NO. The Morgan fingerprint density at radius 1 is 1.80 bits per heavy atom. The van der Waals surface area contributed by atoms with Crippen LogP contribution < -0.4 is 5.48 Å². The van der Waals surface area contributed by atoms with Crippen molar-refractivity contribution in [2.24, 2.45) is 0 Å². The van der Waals surface area contributed by atoms with E-state index in [1.807, 2.05) is 0 Å². The molecule has 0 saturated heterocycles. The van der Waals surface area contributed by atoms with Gasteiger partial charge in [-0.1, -0.05) is 0 Å². The molecule has 5 heavy (non-hydrogen) atoms. The molecule has 2 N–H and O–H groups in total. The lowest BCUT2D eigenvalue weighted by atomic mass is 10.7. The SMILES string of the molecule is CC=C[NH2+][O-]. The minimum absolute atomic E-state index is 0.750. The summed E-state index contributed by atoms with van der Waals surface area (Å²) < 4.78 is 0. The van der Waals surface area contributed by atoms with E-state index in [-0.39, 0.29) is 0 Å². The number of quaternary nitrogens is 1. The molecule has 0 aromatic heterocycles. The first-order valence-electron chi connectivity index (χ1n) is 1.48. The van der Waals surface area contributed by atoms with Crippen LogP contribution in [0.3, 0.4) is 0 Å². The maximum absolute atomic E-state index is 9.32. The van der Waals surface area contributed by atoms with Crippen LogP contribution in [0.2, 0.25) is 0 Å². The molecule has 30 valence electrons. The summed E-state index contributed by atoms with van der Waals surface area (Å²) in [6.07, 6.45) is 3.13. The Labute approximate surface area is 31.1 Å². The lowest BCUT2D eigenvalue weighted by Crippen LogP contribution is -2.69. The lowest BCUT2D eigenvalue weighted by molar-refractivity contribution is -0.514. The molecule has 0 rings (SSSR count). The van der Waals surface area contributed by atoms with Gasteiger partial charge in [-0.05, 0) is 13.0 Å². The van der Waals surface area contributed by atoms with Crippen molar-refractivity contribution in [3.63, 3.8) is 0 Å². The number of hydrogen-bond acceptors (Lipinski definition) is 1. The van der Waals surface area contributed by atoms with Crippen molar-refractivity contribution in [2.75, 3.05) is 0 Å². The van der Waals surface area contributed by atoms with Gasteiger partial charge in [-0.2, -0.15) is 0 Å². The van der Waals surface area contributed by atoms with Crippen molar-refractivity contribution < 1.29 is 5.48 Å². The Morgan fingerprint density at radius 3 is 2.40 bits per heavy atom. The molecule has 0 saturated carbocycles. The summed E-state index contributed by atoms with van der Waals surface area (Å²) in [5, 5.41) is 9.32. The van der Waals surface area contributed by atoms with E-state index in [1.54, 1.807) is 13.0 Å². The first kappa shape index (κ1) is 4.66. The maximum atomic E-state index is 9.32. The second-order valence-electron chi connectivity index (χ2n) is 0.662. The van der Waals surface area contributed by atoms with Gasteiger partial charge in [0.15, 0.2) is 0 Å². The molecule has 0 heterocycles. The van der Waals surface area contributed by atoms with E-state index in [1.165, 1.54) is 6.20 Å². The van der Waals surface area contributed by atoms with Crippen LogP contribution in [0, 0.1) is 5.21 Å². The summed E-state index contributed by atoms with van der Waals surface area (Å²) in [6, 6.07) is 0. The molecule has 0 unspecified atom stereocenters. The first-order valence-corrected chi connectivity index (χ1v) is 1.48. The molecule has 0 aromatic carbocycles. The predicted octanol–water partition coefficient (Wildman–Crippen LogP) is -0.419. The van der Waals surface area contributed by atoms with E-state index in [9.17, 15) is 5.21 Å². The molecule has 0 radical (unpaired) electrons. The highest BCUT2D eigenvalue weighted by Crippen LogP contribution is 1.46. The average Bonchev–Trinajstić information content (AvgIpc) is 1.41. The van der Waals surface area contributed by atoms with Crippen molar-refractivity contribution >= 4 is 0 Å². The fourth-order valence-electron chi connectivity index (χ4n) is 0.0786. The summed E-state index contributed by atoms with van der Waals surface area (Å²) >= 11 is 0. The van der Waals surface area contributed by atoms with Crippen molar-refractivity contribution in [3.8, 4) is 0 Å². The van der Waals surface area contributed by atoms with Crippen LogP contribution >= 0.6 is 0 Å². The Morgan fingerprint density at radius 2 is 2.40 bits per heavy atom. The zero-order chi connectivity index (χ0) is 4.12. The second kappa shape index (κ2) is 3.66. The van der Waals surface area contributed by atoms with Gasteiger partial charge in [0.2, 0.25) is 0 Å². The molecule has 0 aromatic rings. The number of allylic oxidation sites excluding steroid dienone is 1. The molecule has 0 spiro atoms. The molecule has 0 aliphatic heterocycles. The molecule has 0 atom stereocenters. The minimum Gasteiger partial charge on any atom is -0.631 e. The summed E-state index contributed by atoms with van der Waals surface area (Å²) in [4.78, 5) is 0. The van der Waals surface area contributed by atoms with Gasteiger partial charge in [-0.25, -0.2) is 0 Å². The van der Waals surface area contributed by atoms with Crippen molar-refractivity contribution in [1.29, 1.82) is 0 Å². The average molecular weight is 73.1 g/mol. The van der Waals surface area contributed by atoms with Crippen molar-refractivity contribution in [2.45, 2.75) is 6.92 Å². The molecule has 0 aliphatic rings. The van der Waals surface area contributed by atoms with Crippen LogP contribution in [0.25, 0.3) is 0 Å². The van der Waals surface area contributed by atoms with Gasteiger partial charge in [0.05, 0.1) is 6.20 Å². The number of hydrogen-bond donors (Lipinski definition) is 1.